The van der Waals surface area contributed by atoms with Crippen LogP contribution in [0, 0.1) is 5.92 Å². The normalized spacial score (nSPS) is 21.1. The van der Waals surface area contributed by atoms with E-state index in [4.69, 9.17) is 0 Å². The third-order valence-electron chi connectivity index (χ3n) is 4.20. The minimum absolute atomic E-state index is 0.0814. The van der Waals surface area contributed by atoms with Gasteiger partial charge in [-0.05, 0) is 37.3 Å². The van der Waals surface area contributed by atoms with E-state index in [0.29, 0.717) is 36.9 Å². The van der Waals surface area contributed by atoms with Gasteiger partial charge >= 0.3 is 0 Å². The van der Waals surface area contributed by atoms with Crippen LogP contribution < -0.4 is 10.6 Å². The van der Waals surface area contributed by atoms with E-state index in [-0.39, 0.29) is 11.8 Å². The lowest BCUT2D eigenvalue weighted by molar-refractivity contribution is -0.122. The second kappa shape index (κ2) is 8.57. The van der Waals surface area contributed by atoms with Crippen LogP contribution in [0.5, 0.6) is 0 Å². The van der Waals surface area contributed by atoms with Crippen molar-refractivity contribution in [1.29, 1.82) is 0 Å². The highest BCUT2D eigenvalue weighted by atomic mass is 16.2. The summed E-state index contributed by atoms with van der Waals surface area (Å²) in [6.07, 6.45) is 5.82. The molecule has 1 aliphatic carbocycles. The largest absolute Gasteiger partial charge is 0.353 e. The van der Waals surface area contributed by atoms with Crippen molar-refractivity contribution in [2.45, 2.75) is 51.5 Å². The van der Waals surface area contributed by atoms with Crippen molar-refractivity contribution in [2.24, 2.45) is 5.92 Å². The van der Waals surface area contributed by atoms with Crippen LogP contribution in [0.1, 0.15) is 55.8 Å². The van der Waals surface area contributed by atoms with E-state index in [1.807, 2.05) is 18.2 Å². The average molecular weight is 302 g/mol. The van der Waals surface area contributed by atoms with Crippen LogP contribution in [0.3, 0.4) is 0 Å². The summed E-state index contributed by atoms with van der Waals surface area (Å²) in [6, 6.07) is 9.47. The zero-order valence-corrected chi connectivity index (χ0v) is 13.3. The Labute approximate surface area is 132 Å². The first kappa shape index (κ1) is 16.5. The van der Waals surface area contributed by atoms with Crippen LogP contribution in [-0.2, 0) is 4.79 Å². The van der Waals surface area contributed by atoms with Gasteiger partial charge in [-0.2, -0.15) is 0 Å². The molecule has 0 saturated heterocycles. The summed E-state index contributed by atoms with van der Waals surface area (Å²) in [6.45, 7) is 2.78. The summed E-state index contributed by atoms with van der Waals surface area (Å²) in [5.41, 5.74) is 0.656. The Morgan fingerprint density at radius 3 is 2.68 bits per heavy atom. The molecule has 4 nitrogen and oxygen atoms in total. The lowest BCUT2D eigenvalue weighted by atomic mass is 9.87. The number of nitrogens with one attached hydrogen (secondary N) is 2. The molecular weight excluding hydrogens is 276 g/mol. The predicted molar refractivity (Wildman–Crippen MR) is 87.6 cm³/mol. The summed E-state index contributed by atoms with van der Waals surface area (Å²) >= 11 is 0. The summed E-state index contributed by atoms with van der Waals surface area (Å²) in [7, 11) is 0. The third-order valence-corrected chi connectivity index (χ3v) is 4.20. The Bertz CT molecular complexity index is 487. The predicted octanol–water partition coefficient (Wildman–Crippen LogP) is 2.89. The molecule has 2 N–H and O–H groups in total. The number of amides is 2. The summed E-state index contributed by atoms with van der Waals surface area (Å²) in [5.74, 6) is 0.736. The molecule has 0 radical (unpaired) electrons. The van der Waals surface area contributed by atoms with Gasteiger partial charge in [0.05, 0.1) is 0 Å². The third kappa shape index (κ3) is 5.51. The van der Waals surface area contributed by atoms with Gasteiger partial charge in [-0.15, -0.1) is 0 Å². The van der Waals surface area contributed by atoms with Gasteiger partial charge in [-0.3, -0.25) is 9.59 Å². The van der Waals surface area contributed by atoms with Gasteiger partial charge in [-0.1, -0.05) is 38.0 Å². The Morgan fingerprint density at radius 1 is 1.18 bits per heavy atom. The molecule has 0 aromatic heterocycles. The molecule has 0 aliphatic heterocycles. The molecule has 1 aromatic carbocycles. The fourth-order valence-corrected chi connectivity index (χ4v) is 3.01. The Morgan fingerprint density at radius 2 is 1.95 bits per heavy atom. The highest BCUT2D eigenvalue weighted by molar-refractivity contribution is 5.94. The molecule has 120 valence electrons. The first-order chi connectivity index (χ1) is 10.6. The van der Waals surface area contributed by atoms with Crippen molar-refractivity contribution in [3.05, 3.63) is 35.9 Å². The Balaban J connectivity index is 1.60. The minimum atomic E-state index is -0.0814. The monoisotopic (exact) mass is 302 g/mol. The molecule has 1 fully saturated rings. The van der Waals surface area contributed by atoms with Crippen LogP contribution >= 0.6 is 0 Å². The summed E-state index contributed by atoms with van der Waals surface area (Å²) in [4.78, 5) is 23.7. The van der Waals surface area contributed by atoms with Crippen molar-refractivity contribution < 1.29 is 9.59 Å². The Hall–Kier alpha value is -1.84. The molecule has 2 unspecified atom stereocenters. The molecule has 2 rings (SSSR count). The van der Waals surface area contributed by atoms with Crippen LogP contribution in [0.2, 0.25) is 0 Å². The summed E-state index contributed by atoms with van der Waals surface area (Å²) in [5, 5.41) is 5.96. The first-order valence-corrected chi connectivity index (χ1v) is 8.28. The molecule has 1 saturated carbocycles. The molecule has 2 atom stereocenters. The summed E-state index contributed by atoms with van der Waals surface area (Å²) < 4.78 is 0. The van der Waals surface area contributed by atoms with E-state index in [0.717, 1.165) is 12.8 Å². The highest BCUT2D eigenvalue weighted by Crippen LogP contribution is 2.23. The van der Waals surface area contributed by atoms with E-state index in [9.17, 15) is 9.59 Å². The molecule has 1 aromatic rings. The minimum Gasteiger partial charge on any atom is -0.353 e. The highest BCUT2D eigenvalue weighted by Gasteiger charge is 2.20. The van der Waals surface area contributed by atoms with Crippen LogP contribution in [0.4, 0.5) is 0 Å². The number of carbonyl (C=O) groups excluding carboxylic acids is 2. The number of hydrogen-bond donors (Lipinski definition) is 2. The van der Waals surface area contributed by atoms with E-state index in [1.54, 1.807) is 12.1 Å². The van der Waals surface area contributed by atoms with Gasteiger partial charge in [0.2, 0.25) is 5.91 Å². The van der Waals surface area contributed by atoms with Gasteiger partial charge in [-0.25, -0.2) is 0 Å². The maximum Gasteiger partial charge on any atom is 0.251 e. The fourth-order valence-electron chi connectivity index (χ4n) is 3.01. The second-order valence-electron chi connectivity index (χ2n) is 6.26. The van der Waals surface area contributed by atoms with Crippen molar-refractivity contribution in [2.75, 3.05) is 6.54 Å². The number of benzene rings is 1. The number of hydrogen-bond acceptors (Lipinski definition) is 2. The van der Waals surface area contributed by atoms with E-state index >= 15 is 0 Å². The van der Waals surface area contributed by atoms with Crippen molar-refractivity contribution in [3.8, 4) is 0 Å². The van der Waals surface area contributed by atoms with Gasteiger partial charge in [0.15, 0.2) is 0 Å². The van der Waals surface area contributed by atoms with Gasteiger partial charge in [0, 0.05) is 24.6 Å². The Kier molecular flexibility index (Phi) is 6.44. The van der Waals surface area contributed by atoms with E-state index in [1.165, 1.54) is 12.8 Å². The van der Waals surface area contributed by atoms with Crippen molar-refractivity contribution >= 4 is 11.8 Å². The van der Waals surface area contributed by atoms with Crippen molar-refractivity contribution in [1.82, 2.24) is 10.6 Å². The molecule has 22 heavy (non-hydrogen) atoms. The molecule has 1 aliphatic rings. The van der Waals surface area contributed by atoms with Gasteiger partial charge < -0.3 is 10.6 Å². The van der Waals surface area contributed by atoms with Crippen molar-refractivity contribution in [3.63, 3.8) is 0 Å². The molecule has 0 heterocycles. The van der Waals surface area contributed by atoms with E-state index < -0.39 is 0 Å². The molecule has 2 amide bonds. The molecule has 0 spiro atoms. The fraction of sp³-hybridized carbons (Fsp3) is 0.556. The van der Waals surface area contributed by atoms with Gasteiger partial charge in [0.25, 0.3) is 5.91 Å². The zero-order chi connectivity index (χ0) is 15.8. The quantitative estimate of drug-likeness (QED) is 0.794. The first-order valence-electron chi connectivity index (χ1n) is 8.28. The molecular formula is C18H26N2O2. The standard InChI is InChI=1S/C18H26N2O2/c1-14-7-5-10-16(13-14)20-17(21)11-6-12-19-18(22)15-8-3-2-4-9-15/h2-4,8-9,14,16H,5-7,10-13H2,1H3,(H,19,22)(H,20,21). The molecule has 0 bridgehead atoms. The van der Waals surface area contributed by atoms with Crippen LogP contribution in [0.15, 0.2) is 30.3 Å². The lowest BCUT2D eigenvalue weighted by Gasteiger charge is -2.27. The molecule has 4 heteroatoms. The number of carbonyl (C=O) groups is 2. The SMILES string of the molecule is CC1CCCC(NC(=O)CCCNC(=O)c2ccccc2)C1. The van der Waals surface area contributed by atoms with E-state index in [2.05, 4.69) is 17.6 Å². The second-order valence-corrected chi connectivity index (χ2v) is 6.26. The van der Waals surface area contributed by atoms with Crippen LogP contribution in [-0.4, -0.2) is 24.4 Å². The topological polar surface area (TPSA) is 58.2 Å². The maximum absolute atomic E-state index is 11.9. The van der Waals surface area contributed by atoms with Gasteiger partial charge in [0.1, 0.15) is 0 Å². The number of rotatable bonds is 6. The maximum atomic E-state index is 11.9. The smallest absolute Gasteiger partial charge is 0.251 e. The zero-order valence-electron chi connectivity index (χ0n) is 13.3. The van der Waals surface area contributed by atoms with Crippen LogP contribution in [0.25, 0.3) is 0 Å². The lowest BCUT2D eigenvalue weighted by Crippen LogP contribution is -2.38. The average Bonchev–Trinajstić information content (AvgIpc) is 2.52.